The zero-order valence-electron chi connectivity index (χ0n) is 10.2. The minimum absolute atomic E-state index is 0.117. The predicted molar refractivity (Wildman–Crippen MR) is 69.5 cm³/mol. The van der Waals surface area contributed by atoms with Gasteiger partial charge in [0.1, 0.15) is 0 Å². The van der Waals surface area contributed by atoms with Crippen LogP contribution in [-0.2, 0) is 9.59 Å². The number of benzene rings is 1. The number of carbonyl (C=O) groups is 2. The molecule has 6 heteroatoms. The molecule has 1 aromatic rings. The maximum atomic E-state index is 11.6. The van der Waals surface area contributed by atoms with E-state index < -0.39 is 11.8 Å². The first-order valence-electron chi connectivity index (χ1n) is 5.39. The van der Waals surface area contributed by atoms with Crippen molar-refractivity contribution in [2.24, 2.45) is 0 Å². The SMILES string of the molecule is Cc1cc(Cl)ccc1NC(=O)C(=O)N(C)CCO. The average Bonchev–Trinajstić information content (AvgIpc) is 2.32. The number of aryl methyl sites for hydroxylation is 1. The minimum Gasteiger partial charge on any atom is -0.395 e. The van der Waals surface area contributed by atoms with Crippen LogP contribution in [0.15, 0.2) is 18.2 Å². The van der Waals surface area contributed by atoms with Gasteiger partial charge in [-0.3, -0.25) is 9.59 Å². The number of nitrogens with one attached hydrogen (secondary N) is 1. The van der Waals surface area contributed by atoms with Crippen LogP contribution in [0.2, 0.25) is 5.02 Å². The highest BCUT2D eigenvalue weighted by Crippen LogP contribution is 2.19. The Kier molecular flexibility index (Phi) is 5.12. The maximum absolute atomic E-state index is 11.6. The number of hydrogen-bond acceptors (Lipinski definition) is 3. The van der Waals surface area contributed by atoms with Gasteiger partial charge in [0, 0.05) is 24.3 Å². The Morgan fingerprint density at radius 3 is 2.67 bits per heavy atom. The number of rotatable bonds is 3. The van der Waals surface area contributed by atoms with Crippen molar-refractivity contribution in [2.45, 2.75) is 6.92 Å². The third-order valence-electron chi connectivity index (χ3n) is 2.41. The number of nitrogens with zero attached hydrogens (tertiary/aromatic N) is 1. The molecule has 2 amide bonds. The number of halogens is 1. The normalized spacial score (nSPS) is 10.0. The smallest absolute Gasteiger partial charge is 0.313 e. The average molecular weight is 271 g/mol. The van der Waals surface area contributed by atoms with Crippen molar-refractivity contribution >= 4 is 29.1 Å². The van der Waals surface area contributed by atoms with Crippen molar-refractivity contribution in [3.63, 3.8) is 0 Å². The lowest BCUT2D eigenvalue weighted by Crippen LogP contribution is -2.38. The summed E-state index contributed by atoms with van der Waals surface area (Å²) in [6.45, 7) is 1.71. The lowest BCUT2D eigenvalue weighted by Gasteiger charge is -2.15. The zero-order valence-corrected chi connectivity index (χ0v) is 11.0. The standard InChI is InChI=1S/C12H15ClN2O3/c1-8-7-9(13)3-4-10(8)14-11(17)12(18)15(2)5-6-16/h3-4,7,16H,5-6H2,1-2H3,(H,14,17). The maximum Gasteiger partial charge on any atom is 0.313 e. The second-order valence-corrected chi connectivity index (χ2v) is 4.30. The zero-order chi connectivity index (χ0) is 13.7. The lowest BCUT2D eigenvalue weighted by atomic mass is 10.2. The van der Waals surface area contributed by atoms with Crippen molar-refractivity contribution in [2.75, 3.05) is 25.5 Å². The van der Waals surface area contributed by atoms with E-state index in [9.17, 15) is 9.59 Å². The summed E-state index contributed by atoms with van der Waals surface area (Å²) < 4.78 is 0. The summed E-state index contributed by atoms with van der Waals surface area (Å²) in [5.74, 6) is -1.44. The monoisotopic (exact) mass is 270 g/mol. The van der Waals surface area contributed by atoms with Crippen molar-refractivity contribution in [1.29, 1.82) is 0 Å². The van der Waals surface area contributed by atoms with E-state index in [1.165, 1.54) is 7.05 Å². The third-order valence-corrected chi connectivity index (χ3v) is 2.65. The summed E-state index contributed by atoms with van der Waals surface area (Å²) >= 11 is 5.79. The first-order valence-corrected chi connectivity index (χ1v) is 5.77. The second kappa shape index (κ2) is 6.37. The van der Waals surface area contributed by atoms with Gasteiger partial charge in [-0.1, -0.05) is 11.6 Å². The molecular weight excluding hydrogens is 256 g/mol. The molecule has 1 aromatic carbocycles. The summed E-state index contributed by atoms with van der Waals surface area (Å²) in [6.07, 6.45) is 0. The molecule has 0 saturated carbocycles. The van der Waals surface area contributed by atoms with Gasteiger partial charge in [0.25, 0.3) is 0 Å². The van der Waals surface area contributed by atoms with Crippen molar-refractivity contribution < 1.29 is 14.7 Å². The summed E-state index contributed by atoms with van der Waals surface area (Å²) in [5, 5.41) is 11.8. The van der Waals surface area contributed by atoms with Crippen LogP contribution in [0.1, 0.15) is 5.56 Å². The Bertz CT molecular complexity index is 463. The van der Waals surface area contributed by atoms with E-state index in [-0.39, 0.29) is 13.2 Å². The number of aliphatic hydroxyl groups excluding tert-OH is 1. The van der Waals surface area contributed by atoms with E-state index in [2.05, 4.69) is 5.32 Å². The molecule has 1 rings (SSSR count). The molecule has 0 fully saturated rings. The van der Waals surface area contributed by atoms with Crippen LogP contribution in [-0.4, -0.2) is 42.0 Å². The van der Waals surface area contributed by atoms with E-state index in [1.807, 2.05) is 0 Å². The molecule has 2 N–H and O–H groups in total. The third kappa shape index (κ3) is 3.72. The highest BCUT2D eigenvalue weighted by Gasteiger charge is 2.18. The number of aliphatic hydroxyl groups is 1. The Balaban J connectivity index is 2.72. The van der Waals surface area contributed by atoms with Gasteiger partial charge in [0.05, 0.1) is 6.61 Å². The first kappa shape index (κ1) is 14.5. The fourth-order valence-electron chi connectivity index (χ4n) is 1.37. The van der Waals surface area contributed by atoms with Gasteiger partial charge < -0.3 is 15.3 Å². The van der Waals surface area contributed by atoms with Crippen LogP contribution in [0.25, 0.3) is 0 Å². The second-order valence-electron chi connectivity index (χ2n) is 3.86. The fourth-order valence-corrected chi connectivity index (χ4v) is 1.59. The number of hydrogen-bond donors (Lipinski definition) is 2. The number of amides is 2. The molecule has 0 aliphatic heterocycles. The molecular formula is C12H15ClN2O3. The van der Waals surface area contributed by atoms with Crippen LogP contribution in [0.5, 0.6) is 0 Å². The molecule has 0 saturated heterocycles. The molecule has 5 nitrogen and oxygen atoms in total. The summed E-state index contributed by atoms with van der Waals surface area (Å²) in [4.78, 5) is 24.4. The van der Waals surface area contributed by atoms with Gasteiger partial charge in [-0.2, -0.15) is 0 Å². The van der Waals surface area contributed by atoms with Gasteiger partial charge in [-0.05, 0) is 30.7 Å². The fraction of sp³-hybridized carbons (Fsp3) is 0.333. The van der Waals surface area contributed by atoms with Crippen molar-refractivity contribution in [3.8, 4) is 0 Å². The molecule has 0 radical (unpaired) electrons. The molecule has 0 atom stereocenters. The summed E-state index contributed by atoms with van der Waals surface area (Å²) in [7, 11) is 1.45. The molecule has 0 aliphatic carbocycles. The minimum atomic E-state index is -0.739. The van der Waals surface area contributed by atoms with Crippen LogP contribution in [0, 0.1) is 6.92 Å². The topological polar surface area (TPSA) is 69.6 Å². The Labute approximate surface area is 110 Å². The van der Waals surface area contributed by atoms with Crippen molar-refractivity contribution in [1.82, 2.24) is 4.90 Å². The lowest BCUT2D eigenvalue weighted by molar-refractivity contribution is -0.142. The highest BCUT2D eigenvalue weighted by molar-refractivity contribution is 6.39. The van der Waals surface area contributed by atoms with Gasteiger partial charge in [-0.25, -0.2) is 0 Å². The number of carbonyl (C=O) groups excluding carboxylic acids is 2. The van der Waals surface area contributed by atoms with E-state index in [1.54, 1.807) is 25.1 Å². The van der Waals surface area contributed by atoms with Crippen LogP contribution in [0.3, 0.4) is 0 Å². The summed E-state index contributed by atoms with van der Waals surface area (Å²) in [5.41, 5.74) is 1.31. The Morgan fingerprint density at radius 2 is 2.11 bits per heavy atom. The number of anilines is 1. The highest BCUT2D eigenvalue weighted by atomic mass is 35.5. The Morgan fingerprint density at radius 1 is 1.44 bits per heavy atom. The molecule has 0 aliphatic rings. The molecule has 0 aromatic heterocycles. The van der Waals surface area contributed by atoms with Gasteiger partial charge in [0.2, 0.25) is 0 Å². The van der Waals surface area contributed by atoms with Crippen LogP contribution < -0.4 is 5.32 Å². The number of likely N-dealkylation sites (N-methyl/N-ethyl adjacent to an activating group) is 1. The summed E-state index contributed by atoms with van der Waals surface area (Å²) in [6, 6.07) is 4.96. The molecule has 0 unspecified atom stereocenters. The van der Waals surface area contributed by atoms with Gasteiger partial charge in [-0.15, -0.1) is 0 Å². The molecule has 98 valence electrons. The van der Waals surface area contributed by atoms with Crippen molar-refractivity contribution in [3.05, 3.63) is 28.8 Å². The molecule has 0 spiro atoms. The van der Waals surface area contributed by atoms with Crippen LogP contribution >= 0.6 is 11.6 Å². The quantitative estimate of drug-likeness (QED) is 0.807. The van der Waals surface area contributed by atoms with E-state index in [0.717, 1.165) is 10.5 Å². The molecule has 0 heterocycles. The van der Waals surface area contributed by atoms with E-state index in [0.29, 0.717) is 10.7 Å². The Hall–Kier alpha value is -1.59. The largest absolute Gasteiger partial charge is 0.395 e. The van der Waals surface area contributed by atoms with E-state index in [4.69, 9.17) is 16.7 Å². The molecule has 18 heavy (non-hydrogen) atoms. The van der Waals surface area contributed by atoms with E-state index >= 15 is 0 Å². The van der Waals surface area contributed by atoms with Gasteiger partial charge >= 0.3 is 11.8 Å². The van der Waals surface area contributed by atoms with Crippen LogP contribution in [0.4, 0.5) is 5.69 Å². The van der Waals surface area contributed by atoms with Gasteiger partial charge in [0.15, 0.2) is 0 Å². The first-order chi connectivity index (χ1) is 8.45. The molecule has 0 bridgehead atoms. The predicted octanol–water partition coefficient (Wildman–Crippen LogP) is 1.04.